The van der Waals surface area contributed by atoms with Gasteiger partial charge in [0.2, 0.25) is 0 Å². The third-order valence-corrected chi connectivity index (χ3v) is 6.58. The Kier molecular flexibility index (Phi) is 3.20. The van der Waals surface area contributed by atoms with Crippen molar-refractivity contribution in [1.29, 1.82) is 0 Å². The van der Waals surface area contributed by atoms with Crippen LogP contribution in [0.3, 0.4) is 0 Å². The third-order valence-electron chi connectivity index (χ3n) is 6.58. The number of hydrogen-bond acceptors (Lipinski definition) is 1. The molecule has 36 heavy (non-hydrogen) atoms. The largest absolute Gasteiger partial charge is 0.296 e. The summed E-state index contributed by atoms with van der Waals surface area (Å²) in [5.41, 5.74) is 4.03. The second-order valence-electron chi connectivity index (χ2n) is 8.62. The zero-order chi connectivity index (χ0) is 31.0. The number of aryl methyl sites for hydroxylation is 1. The van der Waals surface area contributed by atoms with Gasteiger partial charge in [0.1, 0.15) is 5.82 Å². The highest BCUT2D eigenvalue weighted by Crippen LogP contribution is 2.45. The number of hydrogen-bond donors (Lipinski definition) is 0. The Balaban J connectivity index is 1.82. The molecule has 0 atom stereocenters. The molecule has 0 aliphatic carbocycles. The first kappa shape index (κ1) is 14.0. The molecule has 0 saturated heterocycles. The van der Waals surface area contributed by atoms with E-state index in [1.54, 1.807) is 24.3 Å². The van der Waals surface area contributed by atoms with E-state index in [-0.39, 0.29) is 45.7 Å². The Morgan fingerprint density at radius 1 is 0.611 bits per heavy atom. The monoisotopic (exact) mass is 468 g/mol. The van der Waals surface area contributed by atoms with Crippen molar-refractivity contribution in [2.24, 2.45) is 0 Å². The molecular formula is C34H24N2. The molecule has 1 heterocycles. The van der Waals surface area contributed by atoms with Crippen molar-refractivity contribution in [3.8, 4) is 27.9 Å². The summed E-state index contributed by atoms with van der Waals surface area (Å²) in [6, 6.07) is 21.2. The highest BCUT2D eigenvalue weighted by atomic mass is 15.1. The van der Waals surface area contributed by atoms with Crippen molar-refractivity contribution in [2.45, 2.75) is 6.92 Å². The lowest BCUT2D eigenvalue weighted by Crippen LogP contribution is -2.00. The fourth-order valence-corrected chi connectivity index (χ4v) is 5.12. The minimum atomic E-state index is -0.426. The number of aromatic nitrogens is 2. The molecule has 0 saturated carbocycles. The average molecular weight is 469 g/mol. The van der Waals surface area contributed by atoms with Crippen LogP contribution in [0.2, 0.25) is 0 Å². The van der Waals surface area contributed by atoms with Gasteiger partial charge in [-0.05, 0) is 63.4 Å². The van der Waals surface area contributed by atoms with Gasteiger partial charge in [-0.15, -0.1) is 0 Å². The fraction of sp³-hybridized carbons (Fsp3) is 0.0294. The lowest BCUT2D eigenvalue weighted by Gasteiger charge is -2.20. The van der Waals surface area contributed by atoms with Gasteiger partial charge in [-0.2, -0.15) is 0 Å². The van der Waals surface area contributed by atoms with Gasteiger partial charge in [-0.1, -0.05) is 109 Å². The SMILES string of the molecule is [2H]c1c([2H])c([2H])c2c(-c3ccccc3-n3c(C)nc4ccccc43)c3c([2H])c([2H])c([2H])c([2H])c3c(-c3ccccc3)c2c1[2H]. The maximum Gasteiger partial charge on any atom is 0.111 e. The summed E-state index contributed by atoms with van der Waals surface area (Å²) < 4.78 is 73.1. The van der Waals surface area contributed by atoms with Crippen LogP contribution in [0.15, 0.2) is 127 Å². The van der Waals surface area contributed by atoms with Crippen LogP contribution >= 0.6 is 0 Å². The van der Waals surface area contributed by atoms with Gasteiger partial charge in [0.15, 0.2) is 0 Å². The number of nitrogens with zero attached hydrogens (tertiary/aromatic N) is 2. The predicted octanol–water partition coefficient (Wildman–Crippen LogP) is 8.97. The minimum absolute atomic E-state index is 0.182. The standard InChI is InChI=1S/C34H24N2/c1-23-35-30-20-10-12-22-32(30)36(23)31-21-11-9-19-29(31)34-27-17-7-5-15-25(27)33(24-13-3-2-4-14-24)26-16-6-8-18-28(26)34/h2-22H,1H3/i5D,6D,7D,8D,15D,16D,17D,18D. The lowest BCUT2D eigenvalue weighted by molar-refractivity contribution is 1.00. The first-order valence-corrected chi connectivity index (χ1v) is 11.7. The van der Waals surface area contributed by atoms with Gasteiger partial charge < -0.3 is 0 Å². The molecule has 0 N–H and O–H groups in total. The molecular weight excluding hydrogens is 436 g/mol. The summed E-state index contributed by atoms with van der Waals surface area (Å²) >= 11 is 0. The Hall–Kier alpha value is -4.69. The van der Waals surface area contributed by atoms with E-state index >= 15 is 0 Å². The molecule has 2 heteroatoms. The first-order chi connectivity index (χ1) is 21.1. The topological polar surface area (TPSA) is 17.8 Å². The second kappa shape index (κ2) is 8.21. The molecule has 0 unspecified atom stereocenters. The zero-order valence-electron chi connectivity index (χ0n) is 27.4. The summed E-state index contributed by atoms with van der Waals surface area (Å²) in [5, 5.41) is 0.748. The first-order valence-electron chi connectivity index (χ1n) is 15.7. The molecule has 0 bridgehead atoms. The van der Waals surface area contributed by atoms with Crippen LogP contribution in [0.25, 0.3) is 60.5 Å². The predicted molar refractivity (Wildman–Crippen MR) is 152 cm³/mol. The average Bonchev–Trinajstić information content (AvgIpc) is 3.38. The van der Waals surface area contributed by atoms with Crippen molar-refractivity contribution >= 4 is 32.6 Å². The van der Waals surface area contributed by atoms with Crippen molar-refractivity contribution in [1.82, 2.24) is 9.55 Å². The van der Waals surface area contributed by atoms with E-state index in [1.807, 2.05) is 66.1 Å². The van der Waals surface area contributed by atoms with E-state index in [1.165, 1.54) is 0 Å². The minimum Gasteiger partial charge on any atom is -0.296 e. The Morgan fingerprint density at radius 2 is 1.17 bits per heavy atom. The maximum atomic E-state index is 9.19. The van der Waals surface area contributed by atoms with Crippen LogP contribution in [0.5, 0.6) is 0 Å². The maximum absolute atomic E-state index is 9.19. The van der Waals surface area contributed by atoms with Crippen LogP contribution in [-0.2, 0) is 0 Å². The summed E-state index contributed by atoms with van der Waals surface area (Å²) in [4.78, 5) is 4.74. The number of benzene rings is 6. The van der Waals surface area contributed by atoms with Crippen LogP contribution in [-0.4, -0.2) is 9.55 Å². The lowest BCUT2D eigenvalue weighted by atomic mass is 9.85. The van der Waals surface area contributed by atoms with Gasteiger partial charge in [0, 0.05) is 5.56 Å². The molecule has 0 radical (unpaired) electrons. The number of para-hydroxylation sites is 3. The second-order valence-corrected chi connectivity index (χ2v) is 8.62. The van der Waals surface area contributed by atoms with E-state index in [9.17, 15) is 2.74 Å². The van der Waals surface area contributed by atoms with Gasteiger partial charge in [0.05, 0.1) is 27.7 Å². The Morgan fingerprint density at radius 3 is 1.86 bits per heavy atom. The van der Waals surface area contributed by atoms with Crippen molar-refractivity contribution in [2.75, 3.05) is 0 Å². The number of imidazole rings is 1. The zero-order valence-corrected chi connectivity index (χ0v) is 19.4. The Labute approximate surface area is 221 Å². The van der Waals surface area contributed by atoms with Crippen molar-refractivity contribution < 1.29 is 11.0 Å². The molecule has 6 aromatic carbocycles. The van der Waals surface area contributed by atoms with Crippen molar-refractivity contribution in [3.05, 3.63) is 133 Å². The number of rotatable bonds is 3. The summed E-state index contributed by atoms with van der Waals surface area (Å²) in [5.74, 6) is 0.692. The van der Waals surface area contributed by atoms with Gasteiger partial charge in [-0.25, -0.2) is 4.98 Å². The highest BCUT2D eigenvalue weighted by molar-refractivity contribution is 6.22. The van der Waals surface area contributed by atoms with Crippen LogP contribution in [0, 0.1) is 6.92 Å². The van der Waals surface area contributed by atoms with E-state index in [2.05, 4.69) is 0 Å². The van der Waals surface area contributed by atoms with Crippen LogP contribution in [0.4, 0.5) is 0 Å². The van der Waals surface area contributed by atoms with Crippen LogP contribution in [0.1, 0.15) is 16.8 Å². The molecule has 7 rings (SSSR count). The molecule has 170 valence electrons. The molecule has 0 amide bonds. The Bertz CT molecular complexity index is 2250. The van der Waals surface area contributed by atoms with E-state index in [4.69, 9.17) is 13.2 Å². The van der Waals surface area contributed by atoms with E-state index < -0.39 is 24.2 Å². The van der Waals surface area contributed by atoms with Crippen LogP contribution < -0.4 is 0 Å². The molecule has 0 aliphatic heterocycles. The van der Waals surface area contributed by atoms with E-state index in [0.717, 1.165) is 11.0 Å². The fourth-order valence-electron chi connectivity index (χ4n) is 5.12. The summed E-state index contributed by atoms with van der Waals surface area (Å²) in [6.07, 6.45) is 0. The van der Waals surface area contributed by atoms with Crippen molar-refractivity contribution in [3.63, 3.8) is 0 Å². The van der Waals surface area contributed by atoms with E-state index in [0.29, 0.717) is 33.8 Å². The quantitative estimate of drug-likeness (QED) is 0.237. The molecule has 1 aromatic heterocycles. The third kappa shape index (κ3) is 3.08. The molecule has 7 aromatic rings. The summed E-state index contributed by atoms with van der Waals surface area (Å²) in [7, 11) is 0. The summed E-state index contributed by atoms with van der Waals surface area (Å²) in [6.45, 7) is 1.88. The number of fused-ring (bicyclic) bond motifs is 3. The van der Waals surface area contributed by atoms with Gasteiger partial charge in [-0.3, -0.25) is 4.57 Å². The van der Waals surface area contributed by atoms with Gasteiger partial charge in [0.25, 0.3) is 0 Å². The molecule has 2 nitrogen and oxygen atoms in total. The molecule has 0 aliphatic rings. The molecule has 0 fully saturated rings. The van der Waals surface area contributed by atoms with Gasteiger partial charge >= 0.3 is 0 Å². The smallest absolute Gasteiger partial charge is 0.111 e. The normalized spacial score (nSPS) is 14.6. The highest BCUT2D eigenvalue weighted by Gasteiger charge is 2.20. The molecule has 0 spiro atoms.